The second-order valence-electron chi connectivity index (χ2n) is 6.08. The van der Waals surface area contributed by atoms with E-state index in [0.29, 0.717) is 12.5 Å². The van der Waals surface area contributed by atoms with Gasteiger partial charge < -0.3 is 10.1 Å². The van der Waals surface area contributed by atoms with Gasteiger partial charge in [-0.3, -0.25) is 4.79 Å². The zero-order chi connectivity index (χ0) is 13.9. The third-order valence-electron chi connectivity index (χ3n) is 4.94. The molecule has 2 aliphatic carbocycles. The maximum absolute atomic E-state index is 11.2. The van der Waals surface area contributed by atoms with E-state index in [-0.39, 0.29) is 5.97 Å². The lowest BCUT2D eigenvalue weighted by Crippen LogP contribution is -2.39. The molecule has 0 spiro atoms. The molecule has 1 aromatic carbocycles. The molecular weight excluding hydrogens is 250 g/mol. The molecule has 20 heavy (non-hydrogen) atoms. The third-order valence-corrected chi connectivity index (χ3v) is 4.94. The van der Waals surface area contributed by atoms with Crippen LogP contribution in [0.3, 0.4) is 0 Å². The summed E-state index contributed by atoms with van der Waals surface area (Å²) >= 11 is 0. The number of ether oxygens (including phenoxy) is 1. The summed E-state index contributed by atoms with van der Waals surface area (Å²) < 4.78 is 4.71. The van der Waals surface area contributed by atoms with Crippen LogP contribution in [0.15, 0.2) is 24.3 Å². The molecule has 0 aromatic heterocycles. The number of nitrogens with one attached hydrogen (secondary N) is 1. The molecule has 1 N–H and O–H groups in total. The van der Waals surface area contributed by atoms with Crippen LogP contribution in [0.4, 0.5) is 0 Å². The first-order chi connectivity index (χ1) is 9.78. The van der Waals surface area contributed by atoms with Crippen LogP contribution in [0.2, 0.25) is 0 Å². The van der Waals surface area contributed by atoms with Crippen molar-refractivity contribution in [3.8, 4) is 0 Å². The zero-order valence-corrected chi connectivity index (χ0v) is 12.1. The highest BCUT2D eigenvalue weighted by molar-refractivity contribution is 5.69. The minimum Gasteiger partial charge on any atom is -0.469 e. The van der Waals surface area contributed by atoms with Crippen LogP contribution in [0.1, 0.15) is 30.4 Å². The van der Waals surface area contributed by atoms with E-state index in [1.165, 1.54) is 43.9 Å². The molecule has 0 amide bonds. The lowest BCUT2D eigenvalue weighted by Gasteiger charge is -2.23. The highest BCUT2D eigenvalue weighted by Crippen LogP contribution is 2.39. The number of rotatable bonds is 4. The lowest BCUT2D eigenvalue weighted by molar-refractivity contribution is -0.140. The summed E-state index contributed by atoms with van der Waals surface area (Å²) in [6.45, 7) is 0.737. The fourth-order valence-corrected chi connectivity index (χ4v) is 3.93. The van der Waals surface area contributed by atoms with Crippen LogP contribution in [-0.2, 0) is 22.4 Å². The maximum atomic E-state index is 11.2. The van der Waals surface area contributed by atoms with Crippen molar-refractivity contribution in [1.29, 1.82) is 0 Å². The summed E-state index contributed by atoms with van der Waals surface area (Å²) in [6.07, 6.45) is 5.47. The molecule has 108 valence electrons. The predicted molar refractivity (Wildman–Crippen MR) is 78.5 cm³/mol. The molecular formula is C17H23NO2. The van der Waals surface area contributed by atoms with Gasteiger partial charge in [0, 0.05) is 12.6 Å². The Labute approximate surface area is 120 Å². The molecule has 2 unspecified atom stereocenters. The molecule has 3 nitrogen and oxygen atoms in total. The van der Waals surface area contributed by atoms with Crippen LogP contribution < -0.4 is 5.32 Å². The fraction of sp³-hybridized carbons (Fsp3) is 0.588. The largest absolute Gasteiger partial charge is 0.469 e. The number of carbonyl (C=O) groups is 1. The summed E-state index contributed by atoms with van der Waals surface area (Å²) in [5, 5.41) is 3.62. The van der Waals surface area contributed by atoms with Gasteiger partial charge >= 0.3 is 5.97 Å². The van der Waals surface area contributed by atoms with Crippen molar-refractivity contribution < 1.29 is 9.53 Å². The average molecular weight is 273 g/mol. The number of fused-ring (bicyclic) bond motifs is 3. The highest BCUT2D eigenvalue weighted by Gasteiger charge is 2.38. The molecule has 3 heteroatoms. The van der Waals surface area contributed by atoms with Gasteiger partial charge in [-0.05, 0) is 48.6 Å². The monoisotopic (exact) mass is 273 g/mol. The highest BCUT2D eigenvalue weighted by atomic mass is 16.5. The van der Waals surface area contributed by atoms with E-state index in [1.54, 1.807) is 0 Å². The van der Waals surface area contributed by atoms with Crippen molar-refractivity contribution in [3.63, 3.8) is 0 Å². The number of methoxy groups -OCH3 is 1. The number of hydrogen-bond donors (Lipinski definition) is 1. The van der Waals surface area contributed by atoms with Crippen molar-refractivity contribution in [1.82, 2.24) is 5.32 Å². The first-order valence-electron chi connectivity index (χ1n) is 7.65. The first kappa shape index (κ1) is 13.6. The molecule has 1 saturated carbocycles. The van der Waals surface area contributed by atoms with Crippen LogP contribution in [0.25, 0.3) is 0 Å². The van der Waals surface area contributed by atoms with E-state index in [1.807, 2.05) is 0 Å². The topological polar surface area (TPSA) is 38.3 Å². The maximum Gasteiger partial charge on any atom is 0.306 e. The van der Waals surface area contributed by atoms with Crippen molar-refractivity contribution in [2.24, 2.45) is 11.8 Å². The molecule has 1 fully saturated rings. The Kier molecular flexibility index (Phi) is 4.06. The smallest absolute Gasteiger partial charge is 0.306 e. The van der Waals surface area contributed by atoms with Crippen molar-refractivity contribution in [2.45, 2.75) is 38.1 Å². The van der Waals surface area contributed by atoms with Crippen LogP contribution in [0.5, 0.6) is 0 Å². The van der Waals surface area contributed by atoms with E-state index >= 15 is 0 Å². The molecule has 3 rings (SSSR count). The van der Waals surface area contributed by atoms with Gasteiger partial charge in [-0.2, -0.15) is 0 Å². The number of benzene rings is 1. The van der Waals surface area contributed by atoms with Gasteiger partial charge in [0.1, 0.15) is 0 Å². The molecule has 1 aromatic rings. The Balaban J connectivity index is 1.65. The molecule has 0 radical (unpaired) electrons. The van der Waals surface area contributed by atoms with Crippen molar-refractivity contribution in [2.75, 3.05) is 13.7 Å². The summed E-state index contributed by atoms with van der Waals surface area (Å²) in [6, 6.07) is 9.42. The van der Waals surface area contributed by atoms with Gasteiger partial charge in [0.25, 0.3) is 0 Å². The van der Waals surface area contributed by atoms with Crippen LogP contribution in [0, 0.1) is 11.8 Å². The molecule has 0 saturated heterocycles. The van der Waals surface area contributed by atoms with E-state index in [2.05, 4.69) is 29.6 Å². The summed E-state index contributed by atoms with van der Waals surface area (Å²) in [5.41, 5.74) is 3.05. The summed E-state index contributed by atoms with van der Waals surface area (Å²) in [5.74, 6) is 1.32. The minimum atomic E-state index is -0.123. The summed E-state index contributed by atoms with van der Waals surface area (Å²) in [4.78, 5) is 11.2. The van der Waals surface area contributed by atoms with Gasteiger partial charge in [0.05, 0.1) is 13.5 Å². The van der Waals surface area contributed by atoms with E-state index in [4.69, 9.17) is 4.74 Å². The van der Waals surface area contributed by atoms with Crippen LogP contribution >= 0.6 is 0 Å². The van der Waals surface area contributed by atoms with Gasteiger partial charge in [0.15, 0.2) is 0 Å². The van der Waals surface area contributed by atoms with Crippen molar-refractivity contribution in [3.05, 3.63) is 35.4 Å². The SMILES string of the molecule is COC(=O)CCNC1C2CCC1Cc1ccccc1C2. The quantitative estimate of drug-likeness (QED) is 0.856. The van der Waals surface area contributed by atoms with Crippen molar-refractivity contribution >= 4 is 5.97 Å². The molecule has 0 heterocycles. The molecule has 0 aliphatic heterocycles. The number of esters is 1. The first-order valence-corrected chi connectivity index (χ1v) is 7.65. The Morgan fingerprint density at radius 1 is 1.20 bits per heavy atom. The van der Waals surface area contributed by atoms with Gasteiger partial charge in [-0.25, -0.2) is 0 Å². The van der Waals surface area contributed by atoms with Crippen LogP contribution in [-0.4, -0.2) is 25.7 Å². The Hall–Kier alpha value is -1.35. The lowest BCUT2D eigenvalue weighted by atomic mass is 9.94. The van der Waals surface area contributed by atoms with Gasteiger partial charge in [0.2, 0.25) is 0 Å². The van der Waals surface area contributed by atoms with E-state index < -0.39 is 0 Å². The zero-order valence-electron chi connectivity index (χ0n) is 12.1. The fourth-order valence-electron chi connectivity index (χ4n) is 3.93. The Morgan fingerprint density at radius 3 is 2.35 bits per heavy atom. The van der Waals surface area contributed by atoms with Gasteiger partial charge in [-0.15, -0.1) is 0 Å². The number of hydrogen-bond acceptors (Lipinski definition) is 3. The predicted octanol–water partition coefficient (Wildman–Crippen LogP) is 2.33. The normalized spacial score (nSPS) is 27.8. The summed E-state index contributed by atoms with van der Waals surface area (Å²) in [7, 11) is 1.45. The second kappa shape index (κ2) is 5.96. The van der Waals surface area contributed by atoms with E-state index in [0.717, 1.165) is 18.4 Å². The average Bonchev–Trinajstić information content (AvgIpc) is 2.74. The molecule has 2 aliphatic rings. The van der Waals surface area contributed by atoms with Gasteiger partial charge in [-0.1, -0.05) is 24.3 Å². The van der Waals surface area contributed by atoms with E-state index in [9.17, 15) is 4.79 Å². The molecule has 2 bridgehead atoms. The second-order valence-corrected chi connectivity index (χ2v) is 6.08. The third kappa shape index (κ3) is 2.73. The Bertz CT molecular complexity index is 453. The molecule has 2 atom stereocenters. The minimum absolute atomic E-state index is 0.123. The standard InChI is InChI=1S/C17H23NO2/c1-20-16(19)8-9-18-17-14-6-7-15(17)11-13-5-3-2-4-12(13)10-14/h2-5,14-15,17-18H,6-11H2,1H3. The number of carbonyl (C=O) groups excluding carboxylic acids is 1. The Morgan fingerprint density at radius 2 is 1.80 bits per heavy atom.